The number of amides is 1. The van der Waals surface area contributed by atoms with Gasteiger partial charge in [0.15, 0.2) is 11.6 Å². The molecule has 3 aromatic rings. The first-order valence-corrected chi connectivity index (χ1v) is 12.4. The van der Waals surface area contributed by atoms with E-state index in [4.69, 9.17) is 26.8 Å². The van der Waals surface area contributed by atoms with E-state index in [-0.39, 0.29) is 34.4 Å². The topological polar surface area (TPSA) is 124 Å². The molecular formula is C26H30ClFN6O3. The van der Waals surface area contributed by atoms with Crippen molar-refractivity contribution in [3.63, 3.8) is 0 Å². The molecule has 1 aliphatic rings. The van der Waals surface area contributed by atoms with Crippen LogP contribution in [-0.4, -0.2) is 38.7 Å². The number of pyridine rings is 1. The summed E-state index contributed by atoms with van der Waals surface area (Å²) in [4.78, 5) is 25.3. The number of benzene rings is 1. The minimum Gasteiger partial charge on any atom is -0.444 e. The van der Waals surface area contributed by atoms with Crippen molar-refractivity contribution >= 4 is 29.3 Å². The number of halogens is 2. The molecule has 1 amide bonds. The highest BCUT2D eigenvalue weighted by atomic mass is 35.5. The van der Waals surface area contributed by atoms with Gasteiger partial charge in [-0.3, -0.25) is 0 Å². The number of hydrogen-bond acceptors (Lipinski definition) is 8. The first-order valence-electron chi connectivity index (χ1n) is 12.0. The Hall–Kier alpha value is -3.66. The maximum absolute atomic E-state index is 14.4. The number of hydrogen-bond donors (Lipinski definition) is 3. The van der Waals surface area contributed by atoms with Crippen LogP contribution in [0.1, 0.15) is 46.5 Å². The van der Waals surface area contributed by atoms with Crippen molar-refractivity contribution in [1.29, 1.82) is 0 Å². The van der Waals surface area contributed by atoms with Crippen LogP contribution in [0.5, 0.6) is 11.6 Å². The normalized spacial score (nSPS) is 17.6. The van der Waals surface area contributed by atoms with Crippen LogP contribution in [0.15, 0.2) is 42.7 Å². The van der Waals surface area contributed by atoms with Gasteiger partial charge >= 0.3 is 6.09 Å². The third-order valence-corrected chi connectivity index (χ3v) is 5.98. The molecule has 2 aromatic heterocycles. The fourth-order valence-electron chi connectivity index (χ4n) is 4.06. The summed E-state index contributed by atoms with van der Waals surface area (Å²) in [6, 6.07) is 7.98. The van der Waals surface area contributed by atoms with Gasteiger partial charge < -0.3 is 25.8 Å². The van der Waals surface area contributed by atoms with Crippen molar-refractivity contribution in [3.8, 4) is 22.9 Å². The maximum Gasteiger partial charge on any atom is 0.407 e. The molecule has 2 heterocycles. The molecular weight excluding hydrogens is 499 g/mol. The first kappa shape index (κ1) is 26.4. The highest BCUT2D eigenvalue weighted by Crippen LogP contribution is 2.37. The molecule has 1 aliphatic carbocycles. The van der Waals surface area contributed by atoms with E-state index in [0.717, 1.165) is 31.7 Å². The molecule has 1 saturated carbocycles. The number of carbonyl (C=O) groups excluding carboxylic acids is 1. The van der Waals surface area contributed by atoms with Crippen molar-refractivity contribution in [2.75, 3.05) is 11.1 Å². The highest BCUT2D eigenvalue weighted by Gasteiger charge is 2.25. The second-order valence-electron chi connectivity index (χ2n) is 9.88. The summed E-state index contributed by atoms with van der Waals surface area (Å²) >= 11 is 6.14. The number of rotatable bonds is 6. The molecule has 196 valence electrons. The molecule has 37 heavy (non-hydrogen) atoms. The van der Waals surface area contributed by atoms with Crippen LogP contribution in [0.4, 0.5) is 20.8 Å². The van der Waals surface area contributed by atoms with E-state index in [1.54, 1.807) is 24.4 Å². The number of carbonyl (C=O) groups is 1. The zero-order valence-corrected chi connectivity index (χ0v) is 21.7. The summed E-state index contributed by atoms with van der Waals surface area (Å²) in [6.45, 7) is 5.52. The molecule has 0 saturated heterocycles. The molecule has 0 aliphatic heterocycles. The third-order valence-electron chi connectivity index (χ3n) is 5.70. The van der Waals surface area contributed by atoms with Gasteiger partial charge in [0.05, 0.1) is 16.3 Å². The SMILES string of the molecule is CC(C)(C)OC(=O)NC1CCC(Nc2nccc(-c3cccnc3Oc3c(F)cc(N)cc3Cl)n2)CC1. The Balaban J connectivity index is 1.42. The fraction of sp³-hybridized carbons (Fsp3) is 0.385. The Kier molecular flexibility index (Phi) is 7.97. The van der Waals surface area contributed by atoms with Crippen molar-refractivity contribution in [3.05, 3.63) is 53.6 Å². The smallest absolute Gasteiger partial charge is 0.407 e. The van der Waals surface area contributed by atoms with E-state index in [2.05, 4.69) is 25.6 Å². The Morgan fingerprint density at radius 1 is 1.11 bits per heavy atom. The van der Waals surface area contributed by atoms with Gasteiger partial charge in [0.1, 0.15) is 5.60 Å². The maximum atomic E-state index is 14.4. The van der Waals surface area contributed by atoms with Crippen LogP contribution in [0.2, 0.25) is 5.02 Å². The lowest BCUT2D eigenvalue weighted by atomic mass is 9.91. The quantitative estimate of drug-likeness (QED) is 0.335. The summed E-state index contributed by atoms with van der Waals surface area (Å²) in [5.74, 6) is -0.262. The number of anilines is 2. The summed E-state index contributed by atoms with van der Waals surface area (Å²) in [5.41, 5.74) is 6.40. The van der Waals surface area contributed by atoms with Crippen molar-refractivity contribution in [2.24, 2.45) is 0 Å². The number of nitrogens with two attached hydrogens (primary N) is 1. The monoisotopic (exact) mass is 528 g/mol. The minimum absolute atomic E-state index is 0.0379. The molecule has 9 nitrogen and oxygen atoms in total. The molecule has 0 spiro atoms. The molecule has 0 radical (unpaired) electrons. The molecule has 1 aromatic carbocycles. The third kappa shape index (κ3) is 7.19. The lowest BCUT2D eigenvalue weighted by Crippen LogP contribution is -2.42. The standard InChI is InChI=1S/C26H30ClFN6O3/c1-26(2,3)37-25(35)33-17-8-6-16(7-9-17)32-24-31-12-10-21(34-24)18-5-4-11-30-23(18)36-22-19(27)13-15(29)14-20(22)28/h4-5,10-14,16-17H,6-9,29H2,1-3H3,(H,33,35)(H,31,32,34). The van der Waals surface area contributed by atoms with Gasteiger partial charge in [0.25, 0.3) is 0 Å². The zero-order chi connectivity index (χ0) is 26.6. The Morgan fingerprint density at radius 2 is 1.84 bits per heavy atom. The lowest BCUT2D eigenvalue weighted by Gasteiger charge is -2.30. The Bertz CT molecular complexity index is 1240. The average Bonchev–Trinajstić information content (AvgIpc) is 2.82. The van der Waals surface area contributed by atoms with E-state index >= 15 is 0 Å². The molecule has 0 bridgehead atoms. The van der Waals surface area contributed by atoms with Crippen LogP contribution in [0, 0.1) is 5.82 Å². The minimum atomic E-state index is -0.691. The number of aromatic nitrogens is 3. The molecule has 11 heteroatoms. The van der Waals surface area contributed by atoms with Gasteiger partial charge in [-0.15, -0.1) is 0 Å². The van der Waals surface area contributed by atoms with Crippen molar-refractivity contribution < 1.29 is 18.7 Å². The molecule has 4 N–H and O–H groups in total. The van der Waals surface area contributed by atoms with Gasteiger partial charge in [-0.25, -0.2) is 24.1 Å². The zero-order valence-electron chi connectivity index (χ0n) is 20.9. The van der Waals surface area contributed by atoms with Crippen molar-refractivity contribution in [1.82, 2.24) is 20.3 Å². The first-order chi connectivity index (χ1) is 17.6. The van der Waals surface area contributed by atoms with E-state index in [0.29, 0.717) is 17.2 Å². The number of nitrogen functional groups attached to an aromatic ring is 1. The van der Waals surface area contributed by atoms with E-state index < -0.39 is 17.5 Å². The van der Waals surface area contributed by atoms with Crippen molar-refractivity contribution in [2.45, 2.75) is 64.1 Å². The molecule has 1 fully saturated rings. The average molecular weight is 529 g/mol. The van der Waals surface area contributed by atoms with Crippen LogP contribution < -0.4 is 21.1 Å². The van der Waals surface area contributed by atoms with Gasteiger partial charge in [0.2, 0.25) is 11.8 Å². The molecule has 4 rings (SSSR count). The van der Waals surface area contributed by atoms with Crippen LogP contribution >= 0.6 is 11.6 Å². The van der Waals surface area contributed by atoms with Gasteiger partial charge in [-0.2, -0.15) is 0 Å². The predicted molar refractivity (Wildman–Crippen MR) is 140 cm³/mol. The van der Waals surface area contributed by atoms with Crippen LogP contribution in [-0.2, 0) is 4.74 Å². The van der Waals surface area contributed by atoms with E-state index in [9.17, 15) is 9.18 Å². The number of nitrogens with one attached hydrogen (secondary N) is 2. The molecule has 0 atom stereocenters. The number of ether oxygens (including phenoxy) is 2. The lowest BCUT2D eigenvalue weighted by molar-refractivity contribution is 0.0492. The van der Waals surface area contributed by atoms with Gasteiger partial charge in [-0.1, -0.05) is 11.6 Å². The number of alkyl carbamates (subject to hydrolysis) is 1. The van der Waals surface area contributed by atoms with Crippen LogP contribution in [0.25, 0.3) is 11.3 Å². The summed E-state index contributed by atoms with van der Waals surface area (Å²) in [5, 5.41) is 6.36. The largest absolute Gasteiger partial charge is 0.444 e. The second-order valence-corrected chi connectivity index (χ2v) is 10.3. The molecule has 0 unspecified atom stereocenters. The highest BCUT2D eigenvalue weighted by molar-refractivity contribution is 6.32. The Labute approximate surface area is 220 Å². The summed E-state index contributed by atoms with van der Waals surface area (Å²) in [6.07, 6.45) is 6.07. The van der Waals surface area contributed by atoms with E-state index in [1.165, 1.54) is 12.3 Å². The predicted octanol–water partition coefficient (Wildman–Crippen LogP) is 5.95. The van der Waals surface area contributed by atoms with E-state index in [1.807, 2.05) is 20.8 Å². The summed E-state index contributed by atoms with van der Waals surface area (Å²) in [7, 11) is 0. The summed E-state index contributed by atoms with van der Waals surface area (Å²) < 4.78 is 25.5. The Morgan fingerprint density at radius 3 is 2.54 bits per heavy atom. The van der Waals surface area contributed by atoms with Gasteiger partial charge in [0, 0.05) is 36.2 Å². The fourth-order valence-corrected chi connectivity index (χ4v) is 4.31. The van der Waals surface area contributed by atoms with Gasteiger partial charge in [-0.05, 0) is 70.7 Å². The van der Waals surface area contributed by atoms with Crippen LogP contribution in [0.3, 0.4) is 0 Å². The number of nitrogens with zero attached hydrogens (tertiary/aromatic N) is 3. The second kappa shape index (κ2) is 11.2.